The summed E-state index contributed by atoms with van der Waals surface area (Å²) in [7, 11) is 2.19. The zero-order valence-electron chi connectivity index (χ0n) is 35.6. The Hall–Kier alpha value is -8.60. The maximum atomic E-state index is 5.69. The number of nitrogens with zero attached hydrogens (tertiary/aromatic N) is 3. The SMILES string of the molecule is Cn1c2ccc1c(-c1cccc3ccccc13)c1nc(c(-c3cccc4ccccc34)c3ccc([nH]3)c(-c3cccc4ccccc34)c3nc(c2-c2cccc4ccccc24)C=C3)C=C1. The fourth-order valence-electron chi connectivity index (χ4n) is 10.4. The molecule has 1 N–H and O–H groups in total. The normalized spacial score (nSPS) is 12.3. The molecule has 0 saturated heterocycles. The molecular weight excluding hydrogens is 789 g/mol. The Kier molecular flexibility index (Phi) is 8.40. The Labute approximate surface area is 375 Å². The number of rotatable bonds is 4. The van der Waals surface area contributed by atoms with Gasteiger partial charge in [0.15, 0.2) is 0 Å². The van der Waals surface area contributed by atoms with E-state index in [0.29, 0.717) is 0 Å². The van der Waals surface area contributed by atoms with Crippen molar-refractivity contribution in [2.45, 2.75) is 0 Å². The number of aromatic amines is 1. The van der Waals surface area contributed by atoms with Crippen LogP contribution < -0.4 is 0 Å². The van der Waals surface area contributed by atoms with Crippen molar-refractivity contribution in [2.24, 2.45) is 7.05 Å². The highest BCUT2D eigenvalue weighted by Gasteiger charge is 2.22. The Balaban J connectivity index is 1.26. The summed E-state index contributed by atoms with van der Waals surface area (Å²) in [5.41, 5.74) is 16.4. The number of benzene rings is 8. The standard InChI is InChI=1S/C61H40N4/c1-65-56-36-37-57(65)61(49-29-13-21-41-17-5-9-25-45(41)49)55-35-33-53(64-55)59(47-27-11-19-39-15-3-7-23-43(39)47)51-31-30-50(62-51)58(46-26-10-18-38-14-2-6-22-42(38)46)52-32-34-54(63-52)60(56)48-28-12-20-40-16-4-8-24-44(40)48/h2-37,62H,1H3. The molecule has 304 valence electrons. The van der Waals surface area contributed by atoms with Crippen LogP contribution in [0.25, 0.3) is 134 Å². The minimum absolute atomic E-state index is 0.896. The van der Waals surface area contributed by atoms with E-state index in [2.05, 4.69) is 235 Å². The van der Waals surface area contributed by atoms with E-state index in [9.17, 15) is 0 Å². The van der Waals surface area contributed by atoms with Gasteiger partial charge < -0.3 is 9.55 Å². The molecule has 65 heavy (non-hydrogen) atoms. The topological polar surface area (TPSA) is 46.5 Å². The Morgan fingerprint density at radius 1 is 0.308 bits per heavy atom. The first-order valence-corrected chi connectivity index (χ1v) is 22.2. The third kappa shape index (κ3) is 5.92. The van der Waals surface area contributed by atoms with Crippen LogP contribution in [0.3, 0.4) is 0 Å². The van der Waals surface area contributed by atoms with Crippen molar-refractivity contribution in [3.63, 3.8) is 0 Å². The van der Waals surface area contributed by atoms with Gasteiger partial charge in [0, 0.05) is 40.3 Å². The second-order valence-electron chi connectivity index (χ2n) is 17.0. The Bertz CT molecular complexity index is 3750. The summed E-state index contributed by atoms with van der Waals surface area (Å²) >= 11 is 0. The third-order valence-corrected chi connectivity index (χ3v) is 13.4. The number of nitrogens with one attached hydrogen (secondary N) is 1. The number of aryl methyl sites for hydroxylation is 1. The average Bonchev–Trinajstić information content (AvgIpc) is 4.20. The monoisotopic (exact) mass is 828 g/mol. The first kappa shape index (κ1) is 37.0. The molecule has 13 rings (SSSR count). The molecule has 0 amide bonds. The van der Waals surface area contributed by atoms with Gasteiger partial charge in [-0.2, -0.15) is 0 Å². The molecule has 5 heterocycles. The molecular formula is C61H40N4. The summed E-state index contributed by atoms with van der Waals surface area (Å²) in [6.07, 6.45) is 8.82. The molecule has 2 aliphatic heterocycles. The van der Waals surface area contributed by atoms with Crippen molar-refractivity contribution in [1.29, 1.82) is 0 Å². The van der Waals surface area contributed by atoms with Crippen LogP contribution in [0.2, 0.25) is 0 Å². The lowest BCUT2D eigenvalue weighted by Crippen LogP contribution is -1.96. The summed E-state index contributed by atoms with van der Waals surface area (Å²) in [6.45, 7) is 0. The lowest BCUT2D eigenvalue weighted by atomic mass is 9.96. The summed E-state index contributed by atoms with van der Waals surface area (Å²) in [4.78, 5) is 15.4. The quantitative estimate of drug-likeness (QED) is 0.192. The van der Waals surface area contributed by atoms with Crippen LogP contribution in [0.1, 0.15) is 22.8 Å². The molecule has 8 bridgehead atoms. The molecule has 0 saturated carbocycles. The Morgan fingerprint density at radius 2 is 0.600 bits per heavy atom. The van der Waals surface area contributed by atoms with E-state index in [1.165, 1.54) is 43.1 Å². The van der Waals surface area contributed by atoms with Gasteiger partial charge in [0.25, 0.3) is 0 Å². The van der Waals surface area contributed by atoms with E-state index in [1.54, 1.807) is 0 Å². The zero-order chi connectivity index (χ0) is 43.0. The van der Waals surface area contributed by atoms with Gasteiger partial charge in [-0.1, -0.05) is 170 Å². The summed E-state index contributed by atoms with van der Waals surface area (Å²) in [5.74, 6) is 0. The van der Waals surface area contributed by atoms with Gasteiger partial charge in [-0.25, -0.2) is 9.97 Å². The van der Waals surface area contributed by atoms with Crippen molar-refractivity contribution in [1.82, 2.24) is 19.5 Å². The molecule has 0 unspecified atom stereocenters. The minimum Gasteiger partial charge on any atom is -0.354 e. The number of aromatic nitrogens is 4. The van der Waals surface area contributed by atoms with E-state index in [4.69, 9.17) is 9.97 Å². The first-order chi connectivity index (χ1) is 32.2. The van der Waals surface area contributed by atoms with Crippen molar-refractivity contribution in [3.8, 4) is 44.5 Å². The smallest absolute Gasteiger partial charge is 0.0737 e. The van der Waals surface area contributed by atoms with E-state index in [-0.39, 0.29) is 0 Å². The van der Waals surface area contributed by atoms with Gasteiger partial charge in [-0.3, -0.25) is 0 Å². The highest BCUT2D eigenvalue weighted by molar-refractivity contribution is 6.10. The number of H-pyrrole nitrogens is 1. The molecule has 3 aromatic heterocycles. The van der Waals surface area contributed by atoms with Gasteiger partial charge in [0.1, 0.15) is 0 Å². The van der Waals surface area contributed by atoms with E-state index < -0.39 is 0 Å². The van der Waals surface area contributed by atoms with Crippen molar-refractivity contribution in [2.75, 3.05) is 0 Å². The summed E-state index contributed by atoms with van der Waals surface area (Å²) in [6, 6.07) is 69.9. The van der Waals surface area contributed by atoms with Crippen LogP contribution in [0.4, 0.5) is 0 Å². The lowest BCUT2D eigenvalue weighted by Gasteiger charge is -2.13. The second kappa shape index (κ2) is 14.8. The predicted molar refractivity (Wildman–Crippen MR) is 275 cm³/mol. The minimum atomic E-state index is 0.896. The predicted octanol–water partition coefficient (Wildman–Crippen LogP) is 15.9. The maximum Gasteiger partial charge on any atom is 0.0737 e. The van der Waals surface area contributed by atoms with Crippen LogP contribution in [0, 0.1) is 0 Å². The van der Waals surface area contributed by atoms with Gasteiger partial charge in [0.2, 0.25) is 0 Å². The molecule has 4 nitrogen and oxygen atoms in total. The molecule has 0 radical (unpaired) electrons. The fourth-order valence-corrected chi connectivity index (χ4v) is 10.4. The lowest BCUT2D eigenvalue weighted by molar-refractivity contribution is 1.01. The van der Waals surface area contributed by atoms with Crippen LogP contribution in [-0.2, 0) is 7.05 Å². The van der Waals surface area contributed by atoms with Gasteiger partial charge in [0.05, 0.1) is 33.8 Å². The zero-order valence-corrected chi connectivity index (χ0v) is 35.6. The van der Waals surface area contributed by atoms with Gasteiger partial charge >= 0.3 is 0 Å². The van der Waals surface area contributed by atoms with E-state index in [1.807, 2.05) is 0 Å². The maximum absolute atomic E-state index is 5.69. The fraction of sp³-hybridized carbons (Fsp3) is 0.0164. The highest BCUT2D eigenvalue weighted by Crippen LogP contribution is 2.43. The van der Waals surface area contributed by atoms with Crippen LogP contribution >= 0.6 is 0 Å². The highest BCUT2D eigenvalue weighted by atomic mass is 14.9. The van der Waals surface area contributed by atoms with Gasteiger partial charge in [-0.05, 0) is 114 Å². The van der Waals surface area contributed by atoms with Crippen LogP contribution in [-0.4, -0.2) is 19.5 Å². The van der Waals surface area contributed by atoms with E-state index in [0.717, 1.165) is 89.4 Å². The van der Waals surface area contributed by atoms with Gasteiger partial charge in [-0.15, -0.1) is 0 Å². The summed E-state index contributed by atoms with van der Waals surface area (Å²) < 4.78 is 2.35. The Morgan fingerprint density at radius 3 is 0.954 bits per heavy atom. The molecule has 4 heteroatoms. The first-order valence-electron chi connectivity index (χ1n) is 22.2. The molecule has 11 aromatic rings. The van der Waals surface area contributed by atoms with Crippen molar-refractivity contribution in [3.05, 3.63) is 217 Å². The second-order valence-corrected chi connectivity index (χ2v) is 17.0. The molecule has 2 aliphatic rings. The van der Waals surface area contributed by atoms with Crippen LogP contribution in [0.15, 0.2) is 194 Å². The molecule has 0 spiro atoms. The van der Waals surface area contributed by atoms with Crippen LogP contribution in [0.5, 0.6) is 0 Å². The summed E-state index contributed by atoms with van der Waals surface area (Å²) in [5, 5.41) is 9.41. The largest absolute Gasteiger partial charge is 0.354 e. The number of hydrogen-bond acceptors (Lipinski definition) is 2. The molecule has 0 fully saturated rings. The third-order valence-electron chi connectivity index (χ3n) is 13.4. The molecule has 8 aromatic carbocycles. The average molecular weight is 829 g/mol. The molecule has 0 atom stereocenters. The van der Waals surface area contributed by atoms with E-state index >= 15 is 0 Å². The van der Waals surface area contributed by atoms with Crippen molar-refractivity contribution < 1.29 is 0 Å². The van der Waals surface area contributed by atoms with Crippen molar-refractivity contribution >= 4 is 89.5 Å². The number of hydrogen-bond donors (Lipinski definition) is 1. The molecule has 0 aliphatic carbocycles. The number of fused-ring (bicyclic) bond motifs is 12.